The molecule has 5 heteroatoms. The fraction of sp³-hybridized carbons (Fsp3) is 0.0625. The van der Waals surface area contributed by atoms with E-state index in [0.29, 0.717) is 17.1 Å². The molecule has 1 amide bonds. The Bertz CT molecular complexity index is 823. The van der Waals surface area contributed by atoms with Gasteiger partial charge >= 0.3 is 0 Å². The molecule has 0 radical (unpaired) electrons. The van der Waals surface area contributed by atoms with Crippen molar-refractivity contribution in [2.75, 3.05) is 17.7 Å². The van der Waals surface area contributed by atoms with Gasteiger partial charge in [-0.2, -0.15) is 0 Å². The Kier molecular flexibility index (Phi) is 3.02. The van der Waals surface area contributed by atoms with Crippen LogP contribution in [0.5, 0.6) is 5.75 Å². The summed E-state index contributed by atoms with van der Waals surface area (Å²) in [6, 6.07) is 13.8. The van der Waals surface area contributed by atoms with Crippen molar-refractivity contribution in [3.05, 3.63) is 54.2 Å². The highest BCUT2D eigenvalue weighted by atomic mass is 16.3. The number of carbonyl (C=O) groups excluding carboxylic acids is 1. The Labute approximate surface area is 121 Å². The number of amides is 1. The average Bonchev–Trinajstić information content (AvgIpc) is 2.88. The lowest BCUT2D eigenvalue weighted by Gasteiger charge is -2.16. The number of carbonyl (C=O) groups is 1. The number of nitrogens with two attached hydrogens (primary N) is 1. The van der Waals surface area contributed by atoms with Crippen molar-refractivity contribution in [3.8, 4) is 5.75 Å². The highest BCUT2D eigenvalue weighted by molar-refractivity contribution is 6.07. The maximum absolute atomic E-state index is 12.5. The topological polar surface area (TPSA) is 82.3 Å². The average molecular weight is 281 g/mol. The zero-order valence-electron chi connectivity index (χ0n) is 11.5. The monoisotopic (exact) mass is 281 g/mol. The van der Waals surface area contributed by atoms with Crippen LogP contribution in [0.15, 0.2) is 48.5 Å². The molecule has 1 aromatic heterocycles. The van der Waals surface area contributed by atoms with Gasteiger partial charge in [0.2, 0.25) is 0 Å². The first-order valence-electron chi connectivity index (χ1n) is 6.50. The van der Waals surface area contributed by atoms with Gasteiger partial charge < -0.3 is 20.7 Å². The number of phenolic OH excluding ortho intramolecular Hbond substituents is 1. The van der Waals surface area contributed by atoms with Gasteiger partial charge in [-0.25, -0.2) is 0 Å². The molecule has 0 unspecified atom stereocenters. The van der Waals surface area contributed by atoms with E-state index in [9.17, 15) is 9.90 Å². The third-order valence-electron chi connectivity index (χ3n) is 3.40. The number of nitrogen functional groups attached to an aromatic ring is 1. The fourth-order valence-electron chi connectivity index (χ4n) is 2.27. The van der Waals surface area contributed by atoms with Crippen LogP contribution in [0.2, 0.25) is 0 Å². The van der Waals surface area contributed by atoms with Gasteiger partial charge in [-0.3, -0.25) is 4.79 Å². The second-order valence-electron chi connectivity index (χ2n) is 4.91. The van der Waals surface area contributed by atoms with Crippen molar-refractivity contribution in [3.63, 3.8) is 0 Å². The van der Waals surface area contributed by atoms with E-state index >= 15 is 0 Å². The largest absolute Gasteiger partial charge is 0.508 e. The highest BCUT2D eigenvalue weighted by Gasteiger charge is 2.16. The van der Waals surface area contributed by atoms with Crippen molar-refractivity contribution >= 4 is 28.2 Å². The number of H-pyrrole nitrogens is 1. The summed E-state index contributed by atoms with van der Waals surface area (Å²) >= 11 is 0. The van der Waals surface area contributed by atoms with E-state index in [1.165, 1.54) is 4.90 Å². The quantitative estimate of drug-likeness (QED) is 0.632. The number of benzene rings is 2. The number of hydrogen-bond donors (Lipinski definition) is 3. The first-order valence-corrected chi connectivity index (χ1v) is 6.50. The van der Waals surface area contributed by atoms with Crippen molar-refractivity contribution in [2.45, 2.75) is 0 Å². The molecular weight excluding hydrogens is 266 g/mol. The first kappa shape index (κ1) is 13.1. The van der Waals surface area contributed by atoms with E-state index in [4.69, 9.17) is 5.73 Å². The maximum Gasteiger partial charge on any atom is 0.274 e. The molecule has 3 aromatic rings. The predicted molar refractivity (Wildman–Crippen MR) is 83.6 cm³/mol. The number of hydrogen-bond acceptors (Lipinski definition) is 3. The van der Waals surface area contributed by atoms with Crippen LogP contribution in [-0.2, 0) is 0 Å². The smallest absolute Gasteiger partial charge is 0.274 e. The number of fused-ring (bicyclic) bond motifs is 1. The summed E-state index contributed by atoms with van der Waals surface area (Å²) in [7, 11) is 1.66. The molecule has 0 aliphatic carbocycles. The number of aromatic hydroxyl groups is 1. The minimum absolute atomic E-state index is 0.122. The Morgan fingerprint density at radius 3 is 2.76 bits per heavy atom. The lowest BCUT2D eigenvalue weighted by atomic mass is 10.2. The number of nitrogens with one attached hydrogen (secondary N) is 1. The molecule has 0 saturated carbocycles. The molecule has 0 aliphatic heterocycles. The van der Waals surface area contributed by atoms with Gasteiger partial charge in [-0.1, -0.05) is 6.07 Å². The van der Waals surface area contributed by atoms with E-state index in [-0.39, 0.29) is 11.7 Å². The molecule has 2 aromatic carbocycles. The van der Waals surface area contributed by atoms with Crippen LogP contribution in [-0.4, -0.2) is 23.0 Å². The second-order valence-corrected chi connectivity index (χ2v) is 4.91. The minimum Gasteiger partial charge on any atom is -0.508 e. The van der Waals surface area contributed by atoms with Gasteiger partial charge in [0.1, 0.15) is 11.4 Å². The fourth-order valence-corrected chi connectivity index (χ4v) is 2.27. The van der Waals surface area contributed by atoms with Gasteiger partial charge in [0.05, 0.1) is 0 Å². The van der Waals surface area contributed by atoms with E-state index in [2.05, 4.69) is 4.98 Å². The summed E-state index contributed by atoms with van der Waals surface area (Å²) < 4.78 is 0. The zero-order chi connectivity index (χ0) is 15.0. The molecular formula is C16H15N3O2. The van der Waals surface area contributed by atoms with Crippen molar-refractivity contribution in [2.24, 2.45) is 0 Å². The van der Waals surface area contributed by atoms with E-state index in [1.54, 1.807) is 43.4 Å². The molecule has 1 heterocycles. The SMILES string of the molecule is CN(C(=O)c1cc2cc(N)ccc2[nH]1)c1cccc(O)c1. The van der Waals surface area contributed by atoms with Crippen LogP contribution in [0.3, 0.4) is 0 Å². The number of aromatic nitrogens is 1. The Hall–Kier alpha value is -2.95. The lowest BCUT2D eigenvalue weighted by molar-refractivity contribution is 0.0989. The third-order valence-corrected chi connectivity index (χ3v) is 3.40. The summed E-state index contributed by atoms with van der Waals surface area (Å²) in [4.78, 5) is 17.1. The Balaban J connectivity index is 1.96. The summed E-state index contributed by atoms with van der Waals surface area (Å²) in [5.74, 6) is -0.0630. The van der Waals surface area contributed by atoms with Crippen LogP contribution in [0.25, 0.3) is 10.9 Å². The number of nitrogens with zero attached hydrogens (tertiary/aromatic N) is 1. The van der Waals surface area contributed by atoms with Crippen LogP contribution >= 0.6 is 0 Å². The van der Waals surface area contributed by atoms with Gasteiger partial charge in [-0.15, -0.1) is 0 Å². The predicted octanol–water partition coefficient (Wildman–Crippen LogP) is 2.73. The molecule has 106 valence electrons. The zero-order valence-corrected chi connectivity index (χ0v) is 11.5. The van der Waals surface area contributed by atoms with Crippen LogP contribution < -0.4 is 10.6 Å². The van der Waals surface area contributed by atoms with Crippen molar-refractivity contribution < 1.29 is 9.90 Å². The van der Waals surface area contributed by atoms with Crippen LogP contribution in [0.4, 0.5) is 11.4 Å². The molecule has 3 rings (SSSR count). The normalized spacial score (nSPS) is 10.7. The molecule has 0 spiro atoms. The van der Waals surface area contributed by atoms with E-state index in [0.717, 1.165) is 10.9 Å². The maximum atomic E-state index is 12.5. The van der Waals surface area contributed by atoms with Gasteiger partial charge in [0, 0.05) is 35.4 Å². The second kappa shape index (κ2) is 4.86. The van der Waals surface area contributed by atoms with Crippen LogP contribution in [0, 0.1) is 0 Å². The summed E-state index contributed by atoms with van der Waals surface area (Å²) in [6.45, 7) is 0. The Morgan fingerprint density at radius 2 is 2.00 bits per heavy atom. The molecule has 0 saturated heterocycles. The number of phenols is 1. The summed E-state index contributed by atoms with van der Waals surface area (Å²) in [5.41, 5.74) is 8.35. The molecule has 4 N–H and O–H groups in total. The van der Waals surface area contributed by atoms with Crippen molar-refractivity contribution in [1.82, 2.24) is 4.98 Å². The number of rotatable bonds is 2. The van der Waals surface area contributed by atoms with E-state index < -0.39 is 0 Å². The molecule has 5 nitrogen and oxygen atoms in total. The van der Waals surface area contributed by atoms with E-state index in [1.807, 2.05) is 12.1 Å². The van der Waals surface area contributed by atoms with Gasteiger partial charge in [0.15, 0.2) is 0 Å². The summed E-state index contributed by atoms with van der Waals surface area (Å²) in [6.07, 6.45) is 0. The molecule has 0 bridgehead atoms. The highest BCUT2D eigenvalue weighted by Crippen LogP contribution is 2.23. The molecule has 21 heavy (non-hydrogen) atoms. The van der Waals surface area contributed by atoms with Crippen LogP contribution in [0.1, 0.15) is 10.5 Å². The number of aromatic amines is 1. The molecule has 0 fully saturated rings. The molecule has 0 atom stereocenters. The van der Waals surface area contributed by atoms with Gasteiger partial charge in [0.25, 0.3) is 5.91 Å². The standard InChI is InChI=1S/C16H15N3O2/c1-19(12-3-2-4-13(20)9-12)16(21)15-8-10-7-11(17)5-6-14(10)18-15/h2-9,18,20H,17H2,1H3. The number of anilines is 2. The molecule has 0 aliphatic rings. The Morgan fingerprint density at radius 1 is 1.19 bits per heavy atom. The first-order chi connectivity index (χ1) is 10.0. The summed E-state index contributed by atoms with van der Waals surface area (Å²) in [5, 5.41) is 10.4. The van der Waals surface area contributed by atoms with Gasteiger partial charge in [-0.05, 0) is 36.4 Å². The minimum atomic E-state index is -0.185. The van der Waals surface area contributed by atoms with Crippen molar-refractivity contribution in [1.29, 1.82) is 0 Å². The lowest BCUT2D eigenvalue weighted by Crippen LogP contribution is -2.26. The third kappa shape index (κ3) is 2.41.